The van der Waals surface area contributed by atoms with Gasteiger partial charge in [0, 0.05) is 23.3 Å². The number of carbonyl (C=O) groups excluding carboxylic acids is 1. The Kier molecular flexibility index (Phi) is 4.57. The summed E-state index contributed by atoms with van der Waals surface area (Å²) in [5, 5.41) is 3.16. The topological polar surface area (TPSA) is 80.9 Å². The normalized spacial score (nSPS) is 11.9. The Morgan fingerprint density at radius 2 is 2.10 bits per heavy atom. The molecule has 104 valence electrons. The Morgan fingerprint density at radius 3 is 2.80 bits per heavy atom. The van der Waals surface area contributed by atoms with Crippen molar-refractivity contribution < 1.29 is 4.79 Å². The molecular formula is C14H16N4OS. The fraction of sp³-hybridized carbons (Fsp3) is 0.214. The Hall–Kier alpha value is -2.08. The molecule has 1 atom stereocenters. The number of amides is 1. The molecule has 0 radical (unpaired) electrons. The van der Waals surface area contributed by atoms with Crippen molar-refractivity contribution in [3.63, 3.8) is 0 Å². The number of benzene rings is 1. The molecule has 5 nitrogen and oxygen atoms in total. The fourth-order valence-corrected chi connectivity index (χ4v) is 2.14. The number of hydrogen-bond donors (Lipinski definition) is 2. The van der Waals surface area contributed by atoms with Gasteiger partial charge in [-0.05, 0) is 30.9 Å². The number of nitrogens with two attached hydrogens (primary N) is 1. The third-order valence-electron chi connectivity index (χ3n) is 2.91. The van der Waals surface area contributed by atoms with Crippen LogP contribution >= 0.6 is 11.8 Å². The summed E-state index contributed by atoms with van der Waals surface area (Å²) in [4.78, 5) is 19.9. The SMILES string of the molecule is CS[C@H](C)c1cccc(NC(=O)c2nccnc2N)c1. The van der Waals surface area contributed by atoms with Crippen LogP contribution in [0.5, 0.6) is 0 Å². The Bertz CT molecular complexity index is 618. The molecule has 0 saturated heterocycles. The fourth-order valence-electron chi connectivity index (χ4n) is 1.72. The van der Waals surface area contributed by atoms with Crippen molar-refractivity contribution >= 4 is 29.2 Å². The smallest absolute Gasteiger partial charge is 0.278 e. The lowest BCUT2D eigenvalue weighted by molar-refractivity contribution is 0.102. The molecule has 2 rings (SSSR count). The van der Waals surface area contributed by atoms with Crippen molar-refractivity contribution in [2.75, 3.05) is 17.3 Å². The van der Waals surface area contributed by atoms with Crippen LogP contribution in [0.4, 0.5) is 11.5 Å². The molecule has 1 aromatic heterocycles. The zero-order valence-corrected chi connectivity index (χ0v) is 12.1. The molecule has 1 amide bonds. The highest BCUT2D eigenvalue weighted by molar-refractivity contribution is 7.98. The Morgan fingerprint density at radius 1 is 1.35 bits per heavy atom. The van der Waals surface area contributed by atoms with Crippen LogP contribution < -0.4 is 11.1 Å². The Labute approximate surface area is 122 Å². The molecule has 1 heterocycles. The van der Waals surface area contributed by atoms with Gasteiger partial charge in [-0.25, -0.2) is 9.97 Å². The first-order chi connectivity index (χ1) is 9.61. The molecule has 0 fully saturated rings. The number of nitrogen functional groups attached to an aromatic ring is 1. The minimum Gasteiger partial charge on any atom is -0.382 e. The quantitative estimate of drug-likeness (QED) is 0.904. The minimum atomic E-state index is -0.357. The van der Waals surface area contributed by atoms with Crippen molar-refractivity contribution in [2.24, 2.45) is 0 Å². The zero-order valence-electron chi connectivity index (χ0n) is 11.3. The van der Waals surface area contributed by atoms with E-state index in [2.05, 4.69) is 28.5 Å². The third kappa shape index (κ3) is 3.27. The molecular weight excluding hydrogens is 272 g/mol. The first kappa shape index (κ1) is 14.3. The van der Waals surface area contributed by atoms with Crippen LogP contribution in [0.3, 0.4) is 0 Å². The summed E-state index contributed by atoms with van der Waals surface area (Å²) in [5.41, 5.74) is 7.65. The van der Waals surface area contributed by atoms with E-state index >= 15 is 0 Å². The van der Waals surface area contributed by atoms with E-state index in [1.807, 2.05) is 24.3 Å². The van der Waals surface area contributed by atoms with Gasteiger partial charge in [0.15, 0.2) is 11.5 Å². The lowest BCUT2D eigenvalue weighted by atomic mass is 10.1. The monoisotopic (exact) mass is 288 g/mol. The maximum absolute atomic E-state index is 12.1. The van der Waals surface area contributed by atoms with E-state index in [1.165, 1.54) is 12.4 Å². The number of nitrogens with one attached hydrogen (secondary N) is 1. The maximum atomic E-state index is 12.1. The molecule has 3 N–H and O–H groups in total. The second-order valence-corrected chi connectivity index (χ2v) is 5.43. The Balaban J connectivity index is 2.18. The average molecular weight is 288 g/mol. The van der Waals surface area contributed by atoms with Gasteiger partial charge in [0.05, 0.1) is 0 Å². The van der Waals surface area contributed by atoms with Crippen LogP contribution in [0.2, 0.25) is 0 Å². The summed E-state index contributed by atoms with van der Waals surface area (Å²) in [6.45, 7) is 2.12. The van der Waals surface area contributed by atoms with Crippen LogP contribution in [0.15, 0.2) is 36.7 Å². The number of hydrogen-bond acceptors (Lipinski definition) is 5. The van der Waals surface area contributed by atoms with Crippen molar-refractivity contribution in [1.29, 1.82) is 0 Å². The van der Waals surface area contributed by atoms with E-state index in [0.29, 0.717) is 5.25 Å². The van der Waals surface area contributed by atoms with E-state index in [1.54, 1.807) is 11.8 Å². The van der Waals surface area contributed by atoms with Crippen molar-refractivity contribution in [3.05, 3.63) is 47.9 Å². The van der Waals surface area contributed by atoms with Crippen LogP contribution in [0, 0.1) is 0 Å². The van der Waals surface area contributed by atoms with Crippen LogP contribution in [0.1, 0.15) is 28.2 Å². The lowest BCUT2D eigenvalue weighted by Gasteiger charge is -2.11. The zero-order chi connectivity index (χ0) is 14.5. The van der Waals surface area contributed by atoms with E-state index in [4.69, 9.17) is 5.73 Å². The maximum Gasteiger partial charge on any atom is 0.278 e. The van der Waals surface area contributed by atoms with Crippen molar-refractivity contribution in [3.8, 4) is 0 Å². The number of nitrogens with zero attached hydrogens (tertiary/aromatic N) is 2. The lowest BCUT2D eigenvalue weighted by Crippen LogP contribution is -2.16. The van der Waals surface area contributed by atoms with Gasteiger partial charge in [-0.15, -0.1) is 0 Å². The van der Waals surface area contributed by atoms with Crippen molar-refractivity contribution in [1.82, 2.24) is 9.97 Å². The predicted molar refractivity (Wildman–Crippen MR) is 82.8 cm³/mol. The highest BCUT2D eigenvalue weighted by Crippen LogP contribution is 2.27. The number of rotatable bonds is 4. The van der Waals surface area contributed by atoms with Gasteiger partial charge in [-0.2, -0.15) is 11.8 Å². The third-order valence-corrected chi connectivity index (χ3v) is 3.89. The van der Waals surface area contributed by atoms with Crippen LogP contribution in [-0.4, -0.2) is 22.1 Å². The van der Waals surface area contributed by atoms with Crippen molar-refractivity contribution in [2.45, 2.75) is 12.2 Å². The molecule has 6 heteroatoms. The van der Waals surface area contributed by atoms with E-state index in [9.17, 15) is 4.79 Å². The summed E-state index contributed by atoms with van der Waals surface area (Å²) in [7, 11) is 0. The molecule has 0 unspecified atom stereocenters. The molecule has 0 aliphatic heterocycles. The average Bonchev–Trinajstić information content (AvgIpc) is 2.47. The van der Waals surface area contributed by atoms with Gasteiger partial charge in [0.1, 0.15) is 0 Å². The number of anilines is 2. The standard InChI is InChI=1S/C14H16N4OS/c1-9(20-2)10-4-3-5-11(8-10)18-14(19)12-13(15)17-7-6-16-12/h3-9H,1-2H3,(H2,15,17)(H,18,19)/t9-/m1/s1. The predicted octanol–water partition coefficient (Wildman–Crippen LogP) is 2.74. The van der Waals surface area contributed by atoms with Gasteiger partial charge in [-0.1, -0.05) is 12.1 Å². The highest BCUT2D eigenvalue weighted by Gasteiger charge is 2.12. The number of aromatic nitrogens is 2. The molecule has 0 aliphatic carbocycles. The molecule has 20 heavy (non-hydrogen) atoms. The summed E-state index contributed by atoms with van der Waals surface area (Å²) in [6, 6.07) is 7.73. The van der Waals surface area contributed by atoms with Gasteiger partial charge in [-0.3, -0.25) is 4.79 Å². The summed E-state index contributed by atoms with van der Waals surface area (Å²) < 4.78 is 0. The van der Waals surface area contributed by atoms with Crippen LogP contribution in [0.25, 0.3) is 0 Å². The second-order valence-electron chi connectivity index (χ2n) is 4.25. The summed E-state index contributed by atoms with van der Waals surface area (Å²) >= 11 is 1.75. The molecule has 1 aromatic carbocycles. The van der Waals surface area contributed by atoms with Gasteiger partial charge < -0.3 is 11.1 Å². The van der Waals surface area contributed by atoms with E-state index < -0.39 is 0 Å². The largest absolute Gasteiger partial charge is 0.382 e. The molecule has 0 aliphatic rings. The molecule has 0 bridgehead atoms. The minimum absolute atomic E-state index is 0.124. The second kappa shape index (κ2) is 6.38. The van der Waals surface area contributed by atoms with Gasteiger partial charge in [0.25, 0.3) is 5.91 Å². The van der Waals surface area contributed by atoms with Crippen LogP contribution in [-0.2, 0) is 0 Å². The molecule has 0 spiro atoms. The number of carbonyl (C=O) groups is 1. The first-order valence-corrected chi connectivity index (χ1v) is 7.41. The molecule has 0 saturated carbocycles. The summed E-state index contributed by atoms with van der Waals surface area (Å²) in [6.07, 6.45) is 4.94. The van der Waals surface area contributed by atoms with E-state index in [-0.39, 0.29) is 17.4 Å². The van der Waals surface area contributed by atoms with Gasteiger partial charge >= 0.3 is 0 Å². The molecule has 2 aromatic rings. The number of thioether (sulfide) groups is 1. The highest BCUT2D eigenvalue weighted by atomic mass is 32.2. The first-order valence-electron chi connectivity index (χ1n) is 6.12. The van der Waals surface area contributed by atoms with Gasteiger partial charge in [0.2, 0.25) is 0 Å². The summed E-state index contributed by atoms with van der Waals surface area (Å²) in [5.74, 6) is -0.233. The van der Waals surface area contributed by atoms with E-state index in [0.717, 1.165) is 11.3 Å².